The number of Topliss-reactive ketones (excluding diaryl/α,β-unsaturated/α-hetero) is 1. The predicted molar refractivity (Wildman–Crippen MR) is 43.2 cm³/mol. The van der Waals surface area contributed by atoms with E-state index in [2.05, 4.69) is 14.1 Å². The molecule has 0 aliphatic carbocycles. The number of nitrogens with zero attached hydrogens (tertiary/aromatic N) is 1. The van der Waals surface area contributed by atoms with E-state index in [9.17, 15) is 4.79 Å². The van der Waals surface area contributed by atoms with Gasteiger partial charge in [0.2, 0.25) is 0 Å². The minimum atomic E-state index is 0. The third-order valence-corrected chi connectivity index (χ3v) is 3.64. The Labute approximate surface area is 90.9 Å². The number of quaternary nitrogens is 1. The van der Waals surface area contributed by atoms with E-state index in [-0.39, 0.29) is 24.0 Å². The lowest BCUT2D eigenvalue weighted by Crippen LogP contribution is -3.00. The summed E-state index contributed by atoms with van der Waals surface area (Å²) in [6.45, 7) is 0. The highest BCUT2D eigenvalue weighted by Gasteiger charge is 2.48. The Bertz CT molecular complexity index is 185. The zero-order chi connectivity index (χ0) is 8.06. The molecule has 2 nitrogen and oxygen atoms in total. The van der Waals surface area contributed by atoms with Crippen molar-refractivity contribution in [1.82, 2.24) is 0 Å². The monoisotopic (exact) mass is 281 g/mol. The lowest BCUT2D eigenvalue weighted by atomic mass is 10.00. The van der Waals surface area contributed by atoms with Crippen LogP contribution in [0.25, 0.3) is 0 Å². The van der Waals surface area contributed by atoms with Gasteiger partial charge in [0.05, 0.1) is 39.0 Å². The van der Waals surface area contributed by atoms with Crippen molar-refractivity contribution in [1.29, 1.82) is 0 Å². The maximum absolute atomic E-state index is 11.2. The lowest BCUT2D eigenvalue weighted by Gasteiger charge is -2.40. The highest BCUT2D eigenvalue weighted by Crippen LogP contribution is 2.37. The molecule has 0 radical (unpaired) electrons. The van der Waals surface area contributed by atoms with Crippen molar-refractivity contribution < 1.29 is 33.3 Å². The first kappa shape index (κ1) is 10.4. The maximum atomic E-state index is 11.2. The summed E-state index contributed by atoms with van der Waals surface area (Å²) in [6.07, 6.45) is 4.21. The van der Waals surface area contributed by atoms with Crippen LogP contribution in [0.4, 0.5) is 0 Å². The lowest BCUT2D eigenvalue weighted by molar-refractivity contribution is -0.926. The molecule has 2 atom stereocenters. The van der Waals surface area contributed by atoms with Crippen LogP contribution < -0.4 is 24.0 Å². The molecule has 2 aliphatic heterocycles. The molecule has 0 N–H and O–H groups in total. The van der Waals surface area contributed by atoms with Crippen molar-refractivity contribution in [3.63, 3.8) is 0 Å². The first-order valence-electron chi connectivity index (χ1n) is 4.46. The molecule has 70 valence electrons. The van der Waals surface area contributed by atoms with Crippen LogP contribution in [0.5, 0.6) is 0 Å². The average Bonchev–Trinajstić information content (AvgIpc) is 2.19. The topological polar surface area (TPSA) is 17.1 Å². The van der Waals surface area contributed by atoms with Crippen LogP contribution >= 0.6 is 0 Å². The minimum absolute atomic E-state index is 0. The van der Waals surface area contributed by atoms with Crippen LogP contribution in [0.1, 0.15) is 25.7 Å². The number of ketones is 1. The number of carbonyl (C=O) groups is 1. The van der Waals surface area contributed by atoms with Gasteiger partial charge in [-0.3, -0.25) is 4.79 Å². The summed E-state index contributed by atoms with van der Waals surface area (Å²) in [5.41, 5.74) is 0. The molecule has 12 heavy (non-hydrogen) atoms. The Balaban J connectivity index is 0.000000720. The number of hydrogen-bond donors (Lipinski definition) is 0. The van der Waals surface area contributed by atoms with Gasteiger partial charge in [0.1, 0.15) is 5.78 Å². The number of piperidine rings is 1. The zero-order valence-electron chi connectivity index (χ0n) is 7.72. The molecule has 3 heteroatoms. The van der Waals surface area contributed by atoms with Gasteiger partial charge in [-0.1, -0.05) is 0 Å². The second-order valence-electron chi connectivity index (χ2n) is 4.46. The molecular weight excluding hydrogens is 265 g/mol. The quantitative estimate of drug-likeness (QED) is 0.369. The molecule has 0 spiro atoms. The van der Waals surface area contributed by atoms with Crippen LogP contribution in [-0.2, 0) is 4.79 Å². The van der Waals surface area contributed by atoms with Gasteiger partial charge in [0, 0.05) is 12.8 Å². The van der Waals surface area contributed by atoms with Crippen molar-refractivity contribution in [2.24, 2.45) is 0 Å². The van der Waals surface area contributed by atoms with Gasteiger partial charge in [0.15, 0.2) is 0 Å². The summed E-state index contributed by atoms with van der Waals surface area (Å²) in [5, 5.41) is 0. The SMILES string of the molecule is C[N+]1(C)C2CCC1CC(=O)C2.[I-]. The summed E-state index contributed by atoms with van der Waals surface area (Å²) < 4.78 is 1.10. The molecule has 2 bridgehead atoms. The van der Waals surface area contributed by atoms with E-state index in [1.54, 1.807) is 0 Å². The fourth-order valence-corrected chi connectivity index (χ4v) is 2.63. The first-order chi connectivity index (χ1) is 5.10. The van der Waals surface area contributed by atoms with Crippen LogP contribution in [0.2, 0.25) is 0 Å². The van der Waals surface area contributed by atoms with Gasteiger partial charge in [-0.05, 0) is 0 Å². The Morgan fingerprint density at radius 3 is 2.00 bits per heavy atom. The number of carbonyl (C=O) groups excluding carboxylic acids is 1. The smallest absolute Gasteiger partial charge is 0.144 e. The molecule has 2 saturated heterocycles. The number of hydrogen-bond acceptors (Lipinski definition) is 1. The van der Waals surface area contributed by atoms with Crippen molar-refractivity contribution in [3.05, 3.63) is 0 Å². The van der Waals surface area contributed by atoms with E-state index < -0.39 is 0 Å². The Morgan fingerprint density at radius 2 is 1.58 bits per heavy atom. The Kier molecular flexibility index (Phi) is 2.83. The summed E-state index contributed by atoms with van der Waals surface area (Å²) >= 11 is 0. The maximum Gasteiger partial charge on any atom is 0.144 e. The van der Waals surface area contributed by atoms with Gasteiger partial charge in [-0.2, -0.15) is 0 Å². The fourth-order valence-electron chi connectivity index (χ4n) is 2.63. The van der Waals surface area contributed by atoms with Gasteiger partial charge in [-0.25, -0.2) is 0 Å². The predicted octanol–water partition coefficient (Wildman–Crippen LogP) is -2.04. The molecule has 2 aliphatic rings. The largest absolute Gasteiger partial charge is 1.00 e. The molecule has 2 unspecified atom stereocenters. The second kappa shape index (κ2) is 3.25. The van der Waals surface area contributed by atoms with Crippen molar-refractivity contribution in [3.8, 4) is 0 Å². The third-order valence-electron chi connectivity index (χ3n) is 3.64. The Hall–Kier alpha value is 0.360. The fraction of sp³-hybridized carbons (Fsp3) is 0.889. The van der Waals surface area contributed by atoms with Crippen LogP contribution in [0, 0.1) is 0 Å². The molecule has 0 aromatic heterocycles. The normalized spacial score (nSPS) is 37.7. The average molecular weight is 281 g/mol. The molecule has 2 rings (SSSR count). The van der Waals surface area contributed by atoms with Gasteiger partial charge in [0.25, 0.3) is 0 Å². The molecule has 0 aromatic carbocycles. The van der Waals surface area contributed by atoms with Crippen molar-refractivity contribution in [2.75, 3.05) is 14.1 Å². The van der Waals surface area contributed by atoms with E-state index in [0.717, 1.165) is 17.3 Å². The molecule has 2 fully saturated rings. The highest BCUT2D eigenvalue weighted by atomic mass is 127. The summed E-state index contributed by atoms with van der Waals surface area (Å²) in [4.78, 5) is 11.2. The van der Waals surface area contributed by atoms with Crippen LogP contribution in [-0.4, -0.2) is 36.4 Å². The third kappa shape index (κ3) is 1.41. The zero-order valence-corrected chi connectivity index (χ0v) is 9.87. The van der Waals surface area contributed by atoms with Gasteiger partial charge in [-0.15, -0.1) is 0 Å². The molecule has 0 amide bonds. The van der Waals surface area contributed by atoms with E-state index in [1.165, 1.54) is 12.8 Å². The number of halogens is 1. The molecule has 2 heterocycles. The number of fused-ring (bicyclic) bond motifs is 2. The Morgan fingerprint density at radius 1 is 1.17 bits per heavy atom. The highest BCUT2D eigenvalue weighted by molar-refractivity contribution is 5.80. The summed E-state index contributed by atoms with van der Waals surface area (Å²) in [5.74, 6) is 0.495. The minimum Gasteiger partial charge on any atom is -1.00 e. The van der Waals surface area contributed by atoms with Gasteiger partial charge >= 0.3 is 0 Å². The van der Waals surface area contributed by atoms with Gasteiger partial charge < -0.3 is 28.5 Å². The van der Waals surface area contributed by atoms with E-state index >= 15 is 0 Å². The second-order valence-corrected chi connectivity index (χ2v) is 4.46. The van der Waals surface area contributed by atoms with Crippen molar-refractivity contribution >= 4 is 5.78 Å². The van der Waals surface area contributed by atoms with Crippen LogP contribution in [0.3, 0.4) is 0 Å². The van der Waals surface area contributed by atoms with E-state index in [1.807, 2.05) is 0 Å². The molecule has 0 aromatic rings. The number of rotatable bonds is 0. The summed E-state index contributed by atoms with van der Waals surface area (Å²) in [6, 6.07) is 1.28. The van der Waals surface area contributed by atoms with Crippen molar-refractivity contribution in [2.45, 2.75) is 37.8 Å². The van der Waals surface area contributed by atoms with E-state index in [0.29, 0.717) is 17.9 Å². The summed E-state index contributed by atoms with van der Waals surface area (Å²) in [7, 11) is 4.55. The molecule has 0 saturated carbocycles. The van der Waals surface area contributed by atoms with E-state index in [4.69, 9.17) is 0 Å². The standard InChI is InChI=1S/C9H16NO.HI/c1-10(2)7-3-4-8(10)6-9(11)5-7;/h7-8H,3-6H2,1-2H3;1H/q+1;/p-1. The molecular formula is C9H16INO. The first-order valence-corrected chi connectivity index (χ1v) is 4.46. The van der Waals surface area contributed by atoms with Crippen LogP contribution in [0.15, 0.2) is 0 Å².